The molecule has 3 aromatic rings. The Morgan fingerprint density at radius 3 is 2.39 bits per heavy atom. The number of likely N-dealkylation sites (tertiary alicyclic amines) is 1. The zero-order chi connectivity index (χ0) is 26.2. The second-order valence-corrected chi connectivity index (χ2v) is 9.89. The molecule has 0 aliphatic carbocycles. The maximum Gasteiger partial charge on any atom is 0.296 e. The van der Waals surface area contributed by atoms with Crippen molar-refractivity contribution in [2.45, 2.75) is 45.7 Å². The van der Waals surface area contributed by atoms with E-state index in [0.29, 0.717) is 28.6 Å². The van der Waals surface area contributed by atoms with E-state index in [1.807, 2.05) is 45.0 Å². The van der Waals surface area contributed by atoms with Crippen LogP contribution in [0.1, 0.15) is 55.0 Å². The summed E-state index contributed by atoms with van der Waals surface area (Å²) in [7, 11) is 3.16. The van der Waals surface area contributed by atoms with Gasteiger partial charge < -0.3 is 23.9 Å². The molecule has 1 aromatic heterocycles. The minimum atomic E-state index is -0.884. The molecular formula is C29H31NO6. The van der Waals surface area contributed by atoms with E-state index in [1.165, 1.54) is 4.90 Å². The molecule has 0 spiro atoms. The van der Waals surface area contributed by atoms with Gasteiger partial charge in [0.15, 0.2) is 0 Å². The van der Waals surface area contributed by atoms with E-state index in [4.69, 9.17) is 13.9 Å². The molecule has 0 bridgehead atoms. The fourth-order valence-corrected chi connectivity index (χ4v) is 4.50. The van der Waals surface area contributed by atoms with Crippen molar-refractivity contribution in [2.24, 2.45) is 0 Å². The second kappa shape index (κ2) is 9.57. The number of amides is 1. The summed E-state index contributed by atoms with van der Waals surface area (Å²) >= 11 is 0. The molecule has 1 N–H and O–H groups in total. The monoisotopic (exact) mass is 489 g/mol. The third kappa shape index (κ3) is 4.61. The second-order valence-electron chi connectivity index (χ2n) is 9.89. The van der Waals surface area contributed by atoms with E-state index in [2.05, 4.69) is 0 Å². The normalized spacial score (nSPS) is 17.5. The van der Waals surface area contributed by atoms with Gasteiger partial charge in [0, 0.05) is 17.7 Å². The maximum absolute atomic E-state index is 13.3. The Kier molecular flexibility index (Phi) is 6.67. The summed E-state index contributed by atoms with van der Waals surface area (Å²) in [4.78, 5) is 28.0. The van der Waals surface area contributed by atoms with Crippen LogP contribution >= 0.6 is 0 Å². The summed E-state index contributed by atoms with van der Waals surface area (Å²) in [5, 5.41) is 11.4. The number of ketones is 1. The third-order valence-corrected chi connectivity index (χ3v) is 6.34. The summed E-state index contributed by atoms with van der Waals surface area (Å²) < 4.78 is 16.7. The molecule has 1 unspecified atom stereocenters. The Balaban J connectivity index is 1.86. The topological polar surface area (TPSA) is 89.2 Å². The van der Waals surface area contributed by atoms with Crippen molar-refractivity contribution in [2.75, 3.05) is 14.2 Å². The fourth-order valence-electron chi connectivity index (χ4n) is 4.50. The summed E-state index contributed by atoms with van der Waals surface area (Å²) in [6.45, 7) is 8.03. The zero-order valence-corrected chi connectivity index (χ0v) is 21.4. The highest BCUT2D eigenvalue weighted by Crippen LogP contribution is 2.42. The lowest BCUT2D eigenvalue weighted by Gasteiger charge is -2.24. The van der Waals surface area contributed by atoms with Gasteiger partial charge in [-0.3, -0.25) is 9.59 Å². The smallest absolute Gasteiger partial charge is 0.296 e. The Morgan fingerprint density at radius 1 is 1.03 bits per heavy atom. The van der Waals surface area contributed by atoms with Crippen molar-refractivity contribution in [3.8, 4) is 11.5 Å². The molecule has 2 heterocycles. The van der Waals surface area contributed by atoms with Crippen molar-refractivity contribution in [1.82, 2.24) is 4.90 Å². The number of Topliss-reactive ketones (excluding diaryl/α,β-unsaturated/α-hetero) is 1. The van der Waals surface area contributed by atoms with Gasteiger partial charge in [0.25, 0.3) is 11.7 Å². The van der Waals surface area contributed by atoms with E-state index >= 15 is 0 Å². The minimum Gasteiger partial charge on any atom is -0.507 e. The van der Waals surface area contributed by atoms with Gasteiger partial charge in [0.1, 0.15) is 34.8 Å². The Bertz CT molecular complexity index is 1340. The number of carbonyl (C=O) groups excluding carboxylic acids is 2. The van der Waals surface area contributed by atoms with E-state index in [1.54, 1.807) is 51.5 Å². The van der Waals surface area contributed by atoms with Gasteiger partial charge in [-0.05, 0) is 60.4 Å². The number of aliphatic hydroxyl groups is 1. The molecule has 7 nitrogen and oxygen atoms in total. The van der Waals surface area contributed by atoms with Crippen LogP contribution in [0.25, 0.3) is 5.76 Å². The molecule has 1 amide bonds. The highest BCUT2D eigenvalue weighted by atomic mass is 16.5. The maximum atomic E-state index is 13.3. The van der Waals surface area contributed by atoms with E-state index < -0.39 is 17.7 Å². The van der Waals surface area contributed by atoms with Gasteiger partial charge in [-0.15, -0.1) is 0 Å². The van der Waals surface area contributed by atoms with Crippen LogP contribution in [0.15, 0.2) is 64.6 Å². The van der Waals surface area contributed by atoms with Gasteiger partial charge in [-0.25, -0.2) is 0 Å². The van der Waals surface area contributed by atoms with Gasteiger partial charge in [-0.1, -0.05) is 32.9 Å². The average Bonchev–Trinajstić information content (AvgIpc) is 3.39. The lowest BCUT2D eigenvalue weighted by molar-refractivity contribution is -0.140. The highest BCUT2D eigenvalue weighted by Gasteiger charge is 2.47. The van der Waals surface area contributed by atoms with Gasteiger partial charge >= 0.3 is 0 Å². The lowest BCUT2D eigenvalue weighted by Crippen LogP contribution is -2.29. The SMILES string of the molecule is COc1cccc(CN2C(=O)C(=O)/C(=C(\O)c3ccc(OC)c(C(C)(C)C)c3)C2c2ccc(C)o2)c1. The first-order valence-corrected chi connectivity index (χ1v) is 11.7. The Hall–Kier alpha value is -4.00. The van der Waals surface area contributed by atoms with E-state index in [9.17, 15) is 14.7 Å². The van der Waals surface area contributed by atoms with Crippen LogP contribution in [0.2, 0.25) is 0 Å². The molecule has 4 rings (SSSR count). The Morgan fingerprint density at radius 2 is 1.78 bits per heavy atom. The summed E-state index contributed by atoms with van der Waals surface area (Å²) in [5.74, 6) is 0.634. The van der Waals surface area contributed by atoms with Crippen molar-refractivity contribution in [3.05, 3.63) is 88.4 Å². The quantitative estimate of drug-likeness (QED) is 0.278. The zero-order valence-electron chi connectivity index (χ0n) is 21.4. The fraction of sp³-hybridized carbons (Fsp3) is 0.310. The standard InChI is InChI=1S/C29H31NO6/c1-17-10-12-23(36-17)25-24(26(31)19-11-13-22(35-6)21(15-19)29(2,3)4)27(32)28(33)30(25)16-18-8-7-9-20(14-18)34-5/h7-15,25,31H,16H2,1-6H3/b26-24-. The molecule has 188 valence electrons. The number of nitrogens with zero attached hydrogens (tertiary/aromatic N) is 1. The highest BCUT2D eigenvalue weighted by molar-refractivity contribution is 6.46. The van der Waals surface area contributed by atoms with Crippen LogP contribution in [0.4, 0.5) is 0 Å². The van der Waals surface area contributed by atoms with Crippen molar-refractivity contribution >= 4 is 17.4 Å². The molecule has 1 fully saturated rings. The van der Waals surface area contributed by atoms with Crippen LogP contribution < -0.4 is 9.47 Å². The molecule has 2 aromatic carbocycles. The molecule has 0 saturated carbocycles. The van der Waals surface area contributed by atoms with Gasteiger partial charge in [0.05, 0.1) is 19.8 Å². The van der Waals surface area contributed by atoms with Crippen molar-refractivity contribution in [3.63, 3.8) is 0 Å². The van der Waals surface area contributed by atoms with E-state index in [-0.39, 0.29) is 23.3 Å². The predicted octanol–water partition coefficient (Wildman–Crippen LogP) is 5.52. The van der Waals surface area contributed by atoms with Crippen LogP contribution in [0.5, 0.6) is 11.5 Å². The predicted molar refractivity (Wildman–Crippen MR) is 136 cm³/mol. The van der Waals surface area contributed by atoms with Crippen LogP contribution in [-0.2, 0) is 21.5 Å². The van der Waals surface area contributed by atoms with Crippen molar-refractivity contribution in [1.29, 1.82) is 0 Å². The first-order chi connectivity index (χ1) is 17.0. The number of methoxy groups -OCH3 is 2. The number of hydrogen-bond acceptors (Lipinski definition) is 6. The number of ether oxygens (including phenoxy) is 2. The summed E-state index contributed by atoms with van der Waals surface area (Å²) in [5.41, 5.74) is 1.78. The van der Waals surface area contributed by atoms with Gasteiger partial charge in [-0.2, -0.15) is 0 Å². The molecule has 1 saturated heterocycles. The largest absolute Gasteiger partial charge is 0.507 e. The first kappa shape index (κ1) is 25.1. The number of benzene rings is 2. The molecule has 36 heavy (non-hydrogen) atoms. The summed E-state index contributed by atoms with van der Waals surface area (Å²) in [6, 6.07) is 15.1. The molecule has 7 heteroatoms. The molecule has 0 radical (unpaired) electrons. The molecule has 1 aliphatic heterocycles. The number of rotatable bonds is 6. The number of aryl methyl sites for hydroxylation is 1. The minimum absolute atomic E-state index is 0.0118. The molecule has 1 aliphatic rings. The Labute approximate surface area is 210 Å². The first-order valence-electron chi connectivity index (χ1n) is 11.7. The van der Waals surface area contributed by atoms with E-state index in [0.717, 1.165) is 11.1 Å². The average molecular weight is 490 g/mol. The van der Waals surface area contributed by atoms with Crippen LogP contribution in [-0.4, -0.2) is 35.9 Å². The number of hydrogen-bond donors (Lipinski definition) is 1. The lowest BCUT2D eigenvalue weighted by atomic mass is 9.84. The molecular weight excluding hydrogens is 458 g/mol. The molecule has 1 atom stereocenters. The van der Waals surface area contributed by atoms with Crippen LogP contribution in [0, 0.1) is 6.92 Å². The summed E-state index contributed by atoms with van der Waals surface area (Å²) in [6.07, 6.45) is 0. The van der Waals surface area contributed by atoms with Crippen molar-refractivity contribution < 1.29 is 28.6 Å². The van der Waals surface area contributed by atoms with Gasteiger partial charge in [0.2, 0.25) is 0 Å². The van der Waals surface area contributed by atoms with Crippen LogP contribution in [0.3, 0.4) is 0 Å². The number of carbonyl (C=O) groups is 2. The number of aliphatic hydroxyl groups excluding tert-OH is 1. The third-order valence-electron chi connectivity index (χ3n) is 6.34. The number of furan rings is 1.